The van der Waals surface area contributed by atoms with Gasteiger partial charge in [0, 0.05) is 36.3 Å². The maximum absolute atomic E-state index is 6.35. The van der Waals surface area contributed by atoms with Crippen LogP contribution in [-0.4, -0.2) is 0 Å². The summed E-state index contributed by atoms with van der Waals surface area (Å²) in [5.41, 5.74) is 9.40. The fraction of sp³-hybridized carbons (Fsp3) is 0. The fourth-order valence-electron chi connectivity index (χ4n) is 8.98. The molecule has 0 saturated carbocycles. The first-order valence-corrected chi connectivity index (χ1v) is 19.3. The van der Waals surface area contributed by atoms with Gasteiger partial charge in [-0.2, -0.15) is 0 Å². The van der Waals surface area contributed by atoms with Crippen LogP contribution in [-0.2, 0) is 0 Å². The molecule has 0 spiro atoms. The smallest absolute Gasteiger partial charge is 0.136 e. The summed E-state index contributed by atoms with van der Waals surface area (Å²) in [6.45, 7) is 0. The molecule has 250 valence electrons. The Bertz CT molecular complexity index is 3440. The normalized spacial score (nSPS) is 12.1. The first kappa shape index (κ1) is 29.8. The molecule has 0 atom stereocenters. The summed E-state index contributed by atoms with van der Waals surface area (Å²) < 4.78 is 8.96. The van der Waals surface area contributed by atoms with E-state index in [1.54, 1.807) is 0 Å². The molecule has 2 heterocycles. The van der Waals surface area contributed by atoms with Gasteiger partial charge in [0.25, 0.3) is 0 Å². The predicted molar refractivity (Wildman–Crippen MR) is 233 cm³/mol. The van der Waals surface area contributed by atoms with Gasteiger partial charge in [0.05, 0.1) is 0 Å². The molecular formula is C52H30OS. The van der Waals surface area contributed by atoms with Gasteiger partial charge in [0.1, 0.15) is 11.2 Å². The minimum atomic E-state index is 0.936. The Balaban J connectivity index is 1.04. The van der Waals surface area contributed by atoms with Crippen LogP contribution in [0.5, 0.6) is 0 Å². The Morgan fingerprint density at radius 2 is 0.870 bits per heavy atom. The predicted octanol–water partition coefficient (Wildman–Crippen LogP) is 15.6. The summed E-state index contributed by atoms with van der Waals surface area (Å²) in [7, 11) is 0. The van der Waals surface area contributed by atoms with Gasteiger partial charge < -0.3 is 4.42 Å². The molecule has 0 bridgehead atoms. The zero-order valence-electron chi connectivity index (χ0n) is 29.1. The SMILES string of the molecule is c1ccc(-c2c3ccccc3c(-c3ccc4cc(-c5cc6c7cc8oc9ccccc9c8cc7sc6c6ccccc56)ccc4c3)c3ccccc23)cc1. The van der Waals surface area contributed by atoms with E-state index in [2.05, 4.69) is 176 Å². The van der Waals surface area contributed by atoms with Crippen LogP contribution >= 0.6 is 11.3 Å². The second kappa shape index (κ2) is 11.4. The molecule has 0 saturated heterocycles. The summed E-state index contributed by atoms with van der Waals surface area (Å²) in [5, 5.41) is 15.0. The second-order valence-corrected chi connectivity index (χ2v) is 15.4. The van der Waals surface area contributed by atoms with Gasteiger partial charge >= 0.3 is 0 Å². The zero-order chi connectivity index (χ0) is 35.3. The van der Waals surface area contributed by atoms with Gasteiger partial charge in [-0.1, -0.05) is 146 Å². The molecule has 0 aliphatic rings. The van der Waals surface area contributed by atoms with Gasteiger partial charge in [-0.25, -0.2) is 0 Å². The molecule has 0 aliphatic carbocycles. The van der Waals surface area contributed by atoms with Gasteiger partial charge in [0.2, 0.25) is 0 Å². The van der Waals surface area contributed by atoms with Crippen LogP contribution in [0.3, 0.4) is 0 Å². The molecule has 12 rings (SSSR count). The summed E-state index contributed by atoms with van der Waals surface area (Å²) in [6.07, 6.45) is 0. The molecule has 54 heavy (non-hydrogen) atoms. The number of para-hydroxylation sites is 1. The minimum absolute atomic E-state index is 0.936. The average molecular weight is 703 g/mol. The Kier molecular flexibility index (Phi) is 6.28. The summed E-state index contributed by atoms with van der Waals surface area (Å²) >= 11 is 1.88. The van der Waals surface area contributed by atoms with Crippen molar-refractivity contribution in [1.29, 1.82) is 0 Å². The second-order valence-electron chi connectivity index (χ2n) is 14.4. The first-order valence-electron chi connectivity index (χ1n) is 18.5. The van der Waals surface area contributed by atoms with Crippen LogP contribution in [0.2, 0.25) is 0 Å². The lowest BCUT2D eigenvalue weighted by Gasteiger charge is -2.18. The maximum atomic E-state index is 6.35. The highest BCUT2D eigenvalue weighted by atomic mass is 32.1. The lowest BCUT2D eigenvalue weighted by Crippen LogP contribution is -1.91. The van der Waals surface area contributed by atoms with E-state index in [0.717, 1.165) is 11.2 Å². The third kappa shape index (κ3) is 4.32. The number of rotatable bonds is 3. The molecule has 2 heteroatoms. The van der Waals surface area contributed by atoms with Crippen LogP contribution in [0, 0.1) is 0 Å². The molecule has 0 unspecified atom stereocenters. The third-order valence-corrected chi connectivity index (χ3v) is 12.6. The molecule has 0 radical (unpaired) electrons. The summed E-state index contributed by atoms with van der Waals surface area (Å²) in [4.78, 5) is 0. The van der Waals surface area contributed by atoms with Gasteiger partial charge in [-0.05, 0) is 107 Å². The summed E-state index contributed by atoms with van der Waals surface area (Å²) in [5.74, 6) is 0. The van der Waals surface area contributed by atoms with Crippen molar-refractivity contribution in [2.75, 3.05) is 0 Å². The number of benzene rings is 10. The van der Waals surface area contributed by atoms with Crippen LogP contribution in [0.4, 0.5) is 0 Å². The van der Waals surface area contributed by atoms with E-state index in [-0.39, 0.29) is 0 Å². The molecule has 0 amide bonds. The Morgan fingerprint density at radius 1 is 0.315 bits per heavy atom. The van der Waals surface area contributed by atoms with E-state index < -0.39 is 0 Å². The number of hydrogen-bond donors (Lipinski definition) is 0. The lowest BCUT2D eigenvalue weighted by atomic mass is 9.85. The average Bonchev–Trinajstić information content (AvgIpc) is 3.79. The first-order chi connectivity index (χ1) is 26.8. The zero-order valence-corrected chi connectivity index (χ0v) is 30.0. The molecule has 10 aromatic carbocycles. The van der Waals surface area contributed by atoms with Crippen LogP contribution in [0.1, 0.15) is 0 Å². The van der Waals surface area contributed by atoms with Crippen LogP contribution < -0.4 is 0 Å². The van der Waals surface area contributed by atoms with E-state index in [0.29, 0.717) is 0 Å². The molecule has 0 aliphatic heterocycles. The van der Waals surface area contributed by atoms with Gasteiger partial charge in [-0.15, -0.1) is 11.3 Å². The highest BCUT2D eigenvalue weighted by Crippen LogP contribution is 2.47. The number of furan rings is 1. The quantitative estimate of drug-likeness (QED) is 0.167. The van der Waals surface area contributed by atoms with Crippen molar-refractivity contribution in [1.82, 2.24) is 0 Å². The fourth-order valence-corrected chi connectivity index (χ4v) is 10.2. The van der Waals surface area contributed by atoms with Gasteiger partial charge in [-0.3, -0.25) is 0 Å². The van der Waals surface area contributed by atoms with Crippen molar-refractivity contribution >= 4 is 96.5 Å². The molecule has 1 nitrogen and oxygen atoms in total. The van der Waals surface area contributed by atoms with Crippen molar-refractivity contribution in [3.05, 3.63) is 182 Å². The number of fused-ring (bicyclic) bond motifs is 11. The Morgan fingerprint density at radius 3 is 1.57 bits per heavy atom. The van der Waals surface area contributed by atoms with E-state index in [1.165, 1.54) is 107 Å². The van der Waals surface area contributed by atoms with Crippen LogP contribution in [0.25, 0.3) is 119 Å². The van der Waals surface area contributed by atoms with Crippen molar-refractivity contribution < 1.29 is 4.42 Å². The van der Waals surface area contributed by atoms with E-state index in [1.807, 2.05) is 17.4 Å². The largest absolute Gasteiger partial charge is 0.456 e. The molecule has 12 aromatic rings. The highest BCUT2D eigenvalue weighted by molar-refractivity contribution is 7.26. The van der Waals surface area contributed by atoms with Crippen molar-refractivity contribution in [2.45, 2.75) is 0 Å². The van der Waals surface area contributed by atoms with E-state index in [4.69, 9.17) is 4.42 Å². The lowest BCUT2D eigenvalue weighted by molar-refractivity contribution is 0.669. The van der Waals surface area contributed by atoms with Crippen molar-refractivity contribution in [3.63, 3.8) is 0 Å². The standard InChI is InChI=1S/C52H30OS/c1-2-12-31(13-3-1)50-38-16-5-7-18-40(38)51(41-19-8-6-17-39(41)50)35-25-23-32-26-34(24-22-33(32)27-35)43-28-46-45-29-48-44(37-15-10-11-21-47(37)53-48)30-49(45)54-52(46)42-20-9-4-14-36(42)43/h1-30H. The van der Waals surface area contributed by atoms with Gasteiger partial charge in [0.15, 0.2) is 0 Å². The van der Waals surface area contributed by atoms with Crippen molar-refractivity contribution in [2.24, 2.45) is 0 Å². The van der Waals surface area contributed by atoms with Crippen molar-refractivity contribution in [3.8, 4) is 33.4 Å². The molecular weight excluding hydrogens is 673 g/mol. The molecule has 2 aromatic heterocycles. The van der Waals surface area contributed by atoms with E-state index >= 15 is 0 Å². The maximum Gasteiger partial charge on any atom is 0.136 e. The summed E-state index contributed by atoms with van der Waals surface area (Å²) in [6, 6.07) is 66.8. The molecule has 0 fully saturated rings. The van der Waals surface area contributed by atoms with Crippen LogP contribution in [0.15, 0.2) is 186 Å². The highest BCUT2D eigenvalue weighted by Gasteiger charge is 2.19. The molecule has 0 N–H and O–H groups in total. The number of hydrogen-bond acceptors (Lipinski definition) is 2. The number of thiophene rings is 1. The Labute approximate surface area is 314 Å². The minimum Gasteiger partial charge on any atom is -0.456 e. The topological polar surface area (TPSA) is 13.1 Å². The monoisotopic (exact) mass is 702 g/mol. The third-order valence-electron chi connectivity index (χ3n) is 11.4. The Hall–Kier alpha value is -6.74. The van der Waals surface area contributed by atoms with E-state index in [9.17, 15) is 0 Å².